The minimum Gasteiger partial charge on any atom is -0.473 e. The third kappa shape index (κ3) is 4.18. The lowest BCUT2D eigenvalue weighted by Gasteiger charge is -2.29. The summed E-state index contributed by atoms with van der Waals surface area (Å²) in [7, 11) is 0. The molecule has 1 aliphatic carbocycles. The predicted octanol–water partition coefficient (Wildman–Crippen LogP) is 7.89. The van der Waals surface area contributed by atoms with Crippen molar-refractivity contribution in [3.63, 3.8) is 0 Å². The van der Waals surface area contributed by atoms with E-state index in [1.807, 2.05) is 36.9 Å². The molecule has 0 amide bonds. The summed E-state index contributed by atoms with van der Waals surface area (Å²) in [6.07, 6.45) is 10.7. The number of aryl methyl sites for hydroxylation is 1. The van der Waals surface area contributed by atoms with Crippen molar-refractivity contribution in [2.24, 2.45) is 0 Å². The number of ether oxygens (including phenoxy) is 1. The summed E-state index contributed by atoms with van der Waals surface area (Å²) in [4.78, 5) is 12.3. The second-order valence-electron chi connectivity index (χ2n) is 8.70. The van der Waals surface area contributed by atoms with Crippen molar-refractivity contribution in [1.29, 1.82) is 0 Å². The lowest BCUT2D eigenvalue weighted by Crippen LogP contribution is -2.18. The van der Waals surface area contributed by atoms with Crippen LogP contribution in [0.1, 0.15) is 35.6 Å². The highest BCUT2D eigenvalue weighted by Crippen LogP contribution is 2.40. The van der Waals surface area contributed by atoms with Crippen LogP contribution < -0.4 is 4.74 Å². The minimum absolute atomic E-state index is 0.137. The molecule has 6 rings (SSSR count). The van der Waals surface area contributed by atoms with Crippen LogP contribution in [0.25, 0.3) is 22.2 Å². The lowest BCUT2D eigenvalue weighted by atomic mass is 9.87. The Morgan fingerprint density at radius 2 is 1.97 bits per heavy atom. The number of H-pyrrole nitrogens is 1. The molecule has 1 unspecified atom stereocenters. The molecular weight excluding hydrogens is 503 g/mol. The maximum absolute atomic E-state index is 6.67. The van der Waals surface area contributed by atoms with E-state index in [0.29, 0.717) is 15.9 Å². The number of hydrogen-bond donors (Lipinski definition) is 1. The average molecular weight is 524 g/mol. The number of fused-ring (bicyclic) bond motifs is 2. The molecule has 2 aromatic carbocycles. The maximum Gasteiger partial charge on any atom is 0.214 e. The highest BCUT2D eigenvalue weighted by Gasteiger charge is 2.26. The fourth-order valence-corrected chi connectivity index (χ4v) is 5.63. The van der Waals surface area contributed by atoms with Gasteiger partial charge in [-0.1, -0.05) is 46.9 Å². The first-order valence-corrected chi connectivity index (χ1v) is 12.5. The Morgan fingerprint density at radius 1 is 1.06 bits per heavy atom. The van der Waals surface area contributed by atoms with Crippen LogP contribution in [0.2, 0.25) is 15.1 Å². The molecule has 0 bridgehead atoms. The van der Waals surface area contributed by atoms with Gasteiger partial charge in [0.25, 0.3) is 0 Å². The average Bonchev–Trinajstić information content (AvgIpc) is 3.51. The molecule has 3 aromatic heterocycles. The summed E-state index contributed by atoms with van der Waals surface area (Å²) < 4.78 is 8.21. The SMILES string of the molecule is Clc1ccc(Cl)c(COc2cc3c(-c4cncn4C4CCCc5cccc(Cl)c54)c[nH]c3cn2)c1. The van der Waals surface area contributed by atoms with Crippen LogP contribution in [0.15, 0.2) is 67.4 Å². The minimum atomic E-state index is 0.137. The van der Waals surface area contributed by atoms with Crippen molar-refractivity contribution >= 4 is 45.7 Å². The van der Waals surface area contributed by atoms with Crippen molar-refractivity contribution in [3.05, 3.63) is 99.1 Å². The van der Waals surface area contributed by atoms with E-state index in [1.54, 1.807) is 24.4 Å². The summed E-state index contributed by atoms with van der Waals surface area (Å²) in [5.41, 5.74) is 6.29. The molecule has 0 radical (unpaired) electrons. The van der Waals surface area contributed by atoms with Gasteiger partial charge in [-0.2, -0.15) is 0 Å². The second-order valence-corrected chi connectivity index (χ2v) is 9.95. The van der Waals surface area contributed by atoms with Gasteiger partial charge in [-0.05, 0) is 54.7 Å². The molecule has 3 heterocycles. The topological polar surface area (TPSA) is 55.7 Å². The number of rotatable bonds is 5. The van der Waals surface area contributed by atoms with Gasteiger partial charge in [0.2, 0.25) is 5.88 Å². The molecule has 5 aromatic rings. The number of benzene rings is 2. The number of aromatic amines is 1. The largest absolute Gasteiger partial charge is 0.473 e. The first-order valence-electron chi connectivity index (χ1n) is 11.4. The molecule has 35 heavy (non-hydrogen) atoms. The smallest absolute Gasteiger partial charge is 0.214 e. The highest BCUT2D eigenvalue weighted by molar-refractivity contribution is 6.33. The van der Waals surface area contributed by atoms with Gasteiger partial charge in [-0.3, -0.25) is 0 Å². The summed E-state index contributed by atoms with van der Waals surface area (Å²) in [5.74, 6) is 0.506. The third-order valence-corrected chi connectivity index (χ3v) is 7.54. The quantitative estimate of drug-likeness (QED) is 0.255. The third-order valence-electron chi connectivity index (χ3n) is 6.60. The highest BCUT2D eigenvalue weighted by atomic mass is 35.5. The number of imidazole rings is 1. The molecule has 1 N–H and O–H groups in total. The number of nitrogens with zero attached hydrogens (tertiary/aromatic N) is 3. The van der Waals surface area contributed by atoms with E-state index >= 15 is 0 Å². The molecule has 0 fully saturated rings. The van der Waals surface area contributed by atoms with E-state index in [9.17, 15) is 0 Å². The van der Waals surface area contributed by atoms with E-state index in [2.05, 4.69) is 25.6 Å². The van der Waals surface area contributed by atoms with Crippen molar-refractivity contribution in [1.82, 2.24) is 19.5 Å². The van der Waals surface area contributed by atoms with E-state index in [1.165, 1.54) is 11.1 Å². The standard InChI is InChI=1S/C27H21Cl3N4O/c28-18-7-8-21(29)17(9-18)14-35-26-10-19-20(11-32-23(19)12-33-26)25-13-31-15-34(25)24-6-2-4-16-3-1-5-22(30)27(16)24/h1,3,5,7-13,15,24,32H,2,4,6,14H2. The molecule has 5 nitrogen and oxygen atoms in total. The van der Waals surface area contributed by atoms with Crippen LogP contribution in [0.4, 0.5) is 0 Å². The Balaban J connectivity index is 1.36. The maximum atomic E-state index is 6.67. The number of nitrogens with one attached hydrogen (secondary N) is 1. The molecule has 0 aliphatic heterocycles. The molecule has 1 atom stereocenters. The Morgan fingerprint density at radius 3 is 2.89 bits per heavy atom. The first kappa shape index (κ1) is 22.5. The number of aromatic nitrogens is 4. The summed E-state index contributed by atoms with van der Waals surface area (Å²) in [5, 5.41) is 3.03. The number of pyridine rings is 1. The summed E-state index contributed by atoms with van der Waals surface area (Å²) in [6.45, 7) is 0.271. The second kappa shape index (κ2) is 9.23. The Labute approximate surface area is 217 Å². The van der Waals surface area contributed by atoms with E-state index < -0.39 is 0 Å². The predicted molar refractivity (Wildman–Crippen MR) is 141 cm³/mol. The van der Waals surface area contributed by atoms with Gasteiger partial charge in [-0.25, -0.2) is 9.97 Å². The van der Waals surface area contributed by atoms with Gasteiger partial charge in [0.05, 0.1) is 36.0 Å². The van der Waals surface area contributed by atoms with Crippen molar-refractivity contribution in [3.8, 4) is 17.1 Å². The van der Waals surface area contributed by atoms with Gasteiger partial charge < -0.3 is 14.3 Å². The monoisotopic (exact) mass is 522 g/mol. The first-order chi connectivity index (χ1) is 17.1. The van der Waals surface area contributed by atoms with Crippen LogP contribution >= 0.6 is 34.8 Å². The zero-order chi connectivity index (χ0) is 23.9. The summed E-state index contributed by atoms with van der Waals surface area (Å²) in [6, 6.07) is 13.6. The fourth-order valence-electron chi connectivity index (χ4n) is 4.94. The summed E-state index contributed by atoms with van der Waals surface area (Å²) >= 11 is 19.1. The van der Waals surface area contributed by atoms with Gasteiger partial charge >= 0.3 is 0 Å². The van der Waals surface area contributed by atoms with Crippen LogP contribution in [0.5, 0.6) is 5.88 Å². The normalized spacial score (nSPS) is 15.3. The van der Waals surface area contributed by atoms with Crippen molar-refractivity contribution < 1.29 is 4.74 Å². The van der Waals surface area contributed by atoms with Gasteiger partial charge in [0, 0.05) is 43.8 Å². The molecule has 0 saturated carbocycles. The molecular formula is C27H21Cl3N4O. The van der Waals surface area contributed by atoms with Crippen LogP contribution in [-0.4, -0.2) is 19.5 Å². The zero-order valence-electron chi connectivity index (χ0n) is 18.6. The van der Waals surface area contributed by atoms with Gasteiger partial charge in [0.1, 0.15) is 6.61 Å². The number of halogens is 3. The van der Waals surface area contributed by atoms with Crippen molar-refractivity contribution in [2.75, 3.05) is 0 Å². The van der Waals surface area contributed by atoms with Crippen LogP contribution in [-0.2, 0) is 13.0 Å². The van der Waals surface area contributed by atoms with E-state index in [4.69, 9.17) is 39.5 Å². The molecule has 0 saturated heterocycles. The van der Waals surface area contributed by atoms with E-state index in [0.717, 1.165) is 52.0 Å². The number of hydrogen-bond acceptors (Lipinski definition) is 3. The van der Waals surface area contributed by atoms with Crippen LogP contribution in [0.3, 0.4) is 0 Å². The molecule has 1 aliphatic rings. The molecule has 8 heteroatoms. The zero-order valence-corrected chi connectivity index (χ0v) is 20.9. The van der Waals surface area contributed by atoms with Crippen LogP contribution in [0, 0.1) is 0 Å². The van der Waals surface area contributed by atoms with E-state index in [-0.39, 0.29) is 12.6 Å². The Bertz CT molecular complexity index is 1540. The Hall–Kier alpha value is -2.99. The van der Waals surface area contributed by atoms with Gasteiger partial charge in [-0.15, -0.1) is 0 Å². The Kier molecular flexibility index (Phi) is 5.93. The van der Waals surface area contributed by atoms with Gasteiger partial charge in [0.15, 0.2) is 0 Å². The fraction of sp³-hybridized carbons (Fsp3) is 0.185. The molecule has 0 spiro atoms. The van der Waals surface area contributed by atoms with Crippen molar-refractivity contribution in [2.45, 2.75) is 31.9 Å². The lowest BCUT2D eigenvalue weighted by molar-refractivity contribution is 0.294. The molecule has 176 valence electrons.